The Kier molecular flexibility index (Phi) is 4.85. The summed E-state index contributed by atoms with van der Waals surface area (Å²) in [7, 11) is 0. The van der Waals surface area contributed by atoms with E-state index in [1.807, 2.05) is 0 Å². The van der Waals surface area contributed by atoms with Crippen molar-refractivity contribution in [2.45, 2.75) is 6.42 Å². The van der Waals surface area contributed by atoms with Gasteiger partial charge in [-0.25, -0.2) is 0 Å². The van der Waals surface area contributed by atoms with Gasteiger partial charge >= 0.3 is 5.69 Å². The van der Waals surface area contributed by atoms with Crippen LogP contribution in [0.2, 0.25) is 10.0 Å². The predicted molar refractivity (Wildman–Crippen MR) is 83.6 cm³/mol. The number of phenols is 1. The molecule has 0 bridgehead atoms. The van der Waals surface area contributed by atoms with E-state index in [4.69, 9.17) is 23.2 Å². The van der Waals surface area contributed by atoms with Crippen LogP contribution in [0.5, 0.6) is 5.75 Å². The maximum Gasteiger partial charge on any atom is 0.314 e. The van der Waals surface area contributed by atoms with Crippen LogP contribution in [0.15, 0.2) is 36.4 Å². The fourth-order valence-electron chi connectivity index (χ4n) is 1.80. The summed E-state index contributed by atoms with van der Waals surface area (Å²) in [5, 5.41) is 23.6. The van der Waals surface area contributed by atoms with E-state index < -0.39 is 22.3 Å². The van der Waals surface area contributed by atoms with Gasteiger partial charge in [0.05, 0.1) is 17.0 Å². The quantitative estimate of drug-likeness (QED) is 0.503. The zero-order chi connectivity index (χ0) is 16.3. The van der Waals surface area contributed by atoms with E-state index in [-0.39, 0.29) is 17.1 Å². The number of carbonyl (C=O) groups is 1. The summed E-state index contributed by atoms with van der Waals surface area (Å²) in [6, 6.07) is 8.90. The Hall–Kier alpha value is -2.31. The zero-order valence-electron chi connectivity index (χ0n) is 11.0. The van der Waals surface area contributed by atoms with Gasteiger partial charge in [-0.05, 0) is 23.8 Å². The molecule has 114 valence electrons. The molecule has 0 aliphatic heterocycles. The summed E-state index contributed by atoms with van der Waals surface area (Å²) in [5.74, 6) is -1.09. The van der Waals surface area contributed by atoms with Crippen LogP contribution in [0.1, 0.15) is 5.56 Å². The Bertz CT molecular complexity index is 732. The molecule has 2 rings (SSSR count). The second-order valence-electron chi connectivity index (χ2n) is 4.43. The average Bonchev–Trinajstić information content (AvgIpc) is 2.44. The Balaban J connectivity index is 2.18. The lowest BCUT2D eigenvalue weighted by Crippen LogP contribution is -2.14. The highest BCUT2D eigenvalue weighted by Gasteiger charge is 2.20. The summed E-state index contributed by atoms with van der Waals surface area (Å²) in [6.45, 7) is 0. The number of phenolic OH excluding ortho intramolecular Hbond substituents is 1. The number of benzene rings is 2. The van der Waals surface area contributed by atoms with Crippen molar-refractivity contribution in [1.29, 1.82) is 0 Å². The molecule has 0 radical (unpaired) electrons. The van der Waals surface area contributed by atoms with E-state index in [0.717, 1.165) is 6.07 Å². The predicted octanol–water partition coefficient (Wildman–Crippen LogP) is 3.79. The number of nitro groups is 1. The highest BCUT2D eigenvalue weighted by atomic mass is 35.5. The smallest absolute Gasteiger partial charge is 0.314 e. The molecule has 0 saturated carbocycles. The number of anilines is 1. The van der Waals surface area contributed by atoms with Gasteiger partial charge in [0.15, 0.2) is 0 Å². The summed E-state index contributed by atoms with van der Waals surface area (Å²) in [6.07, 6.45) is 0.0247. The molecule has 0 unspecified atom stereocenters. The van der Waals surface area contributed by atoms with Gasteiger partial charge in [-0.2, -0.15) is 0 Å². The van der Waals surface area contributed by atoms with Gasteiger partial charge in [0.25, 0.3) is 0 Å². The van der Waals surface area contributed by atoms with Gasteiger partial charge in [0.1, 0.15) is 0 Å². The van der Waals surface area contributed by atoms with Crippen LogP contribution in [0, 0.1) is 10.1 Å². The summed E-state index contributed by atoms with van der Waals surface area (Å²) < 4.78 is 0. The maximum atomic E-state index is 11.9. The fraction of sp³-hybridized carbons (Fsp3) is 0.0714. The third kappa shape index (κ3) is 3.87. The molecule has 2 aromatic carbocycles. The van der Waals surface area contributed by atoms with Crippen molar-refractivity contribution in [1.82, 2.24) is 0 Å². The fourth-order valence-corrected chi connectivity index (χ4v) is 2.14. The highest BCUT2D eigenvalue weighted by Crippen LogP contribution is 2.36. The summed E-state index contributed by atoms with van der Waals surface area (Å²) in [5.41, 5.74) is 0.0189. The van der Waals surface area contributed by atoms with E-state index in [9.17, 15) is 20.0 Å². The molecule has 6 nitrogen and oxygen atoms in total. The Labute approximate surface area is 135 Å². The molecule has 2 aromatic rings. The molecule has 0 aromatic heterocycles. The molecular weight excluding hydrogens is 331 g/mol. The first kappa shape index (κ1) is 16.1. The molecule has 0 spiro atoms. The van der Waals surface area contributed by atoms with E-state index in [1.165, 1.54) is 6.07 Å². The molecule has 2 N–H and O–H groups in total. The largest absolute Gasteiger partial charge is 0.501 e. The lowest BCUT2D eigenvalue weighted by atomic mass is 10.1. The molecule has 0 heterocycles. The minimum Gasteiger partial charge on any atom is -0.501 e. The first-order valence-electron chi connectivity index (χ1n) is 6.08. The molecule has 0 aliphatic rings. The van der Waals surface area contributed by atoms with E-state index in [2.05, 4.69) is 5.32 Å². The van der Waals surface area contributed by atoms with Gasteiger partial charge < -0.3 is 10.4 Å². The van der Waals surface area contributed by atoms with Crippen molar-refractivity contribution in [2.24, 2.45) is 0 Å². The molecule has 0 fully saturated rings. The molecule has 8 heteroatoms. The van der Waals surface area contributed by atoms with Gasteiger partial charge in [-0.15, -0.1) is 0 Å². The topological polar surface area (TPSA) is 92.5 Å². The normalized spacial score (nSPS) is 10.3. The third-order valence-corrected chi connectivity index (χ3v) is 3.27. The third-order valence-electron chi connectivity index (χ3n) is 2.80. The van der Waals surface area contributed by atoms with Gasteiger partial charge in [0.2, 0.25) is 11.7 Å². The number of carbonyl (C=O) groups excluding carboxylic acids is 1. The van der Waals surface area contributed by atoms with Gasteiger partial charge in [0, 0.05) is 16.1 Å². The number of nitrogens with zero attached hydrogens (tertiary/aromatic N) is 1. The number of nitrogens with one attached hydrogen (secondary N) is 1. The van der Waals surface area contributed by atoms with Crippen LogP contribution in [0.25, 0.3) is 0 Å². The Morgan fingerprint density at radius 3 is 2.41 bits per heavy atom. The second-order valence-corrected chi connectivity index (χ2v) is 5.30. The SMILES string of the molecule is O=C(Cc1ccc(Cl)cc1)Nc1cc(Cl)cc([N+](=O)[O-])c1O. The number of rotatable bonds is 4. The van der Waals surface area contributed by atoms with Crippen LogP contribution < -0.4 is 5.32 Å². The number of nitro benzene ring substituents is 1. The van der Waals surface area contributed by atoms with Crippen molar-refractivity contribution < 1.29 is 14.8 Å². The van der Waals surface area contributed by atoms with E-state index >= 15 is 0 Å². The lowest BCUT2D eigenvalue weighted by Gasteiger charge is -2.08. The maximum absolute atomic E-state index is 11.9. The van der Waals surface area contributed by atoms with Crippen LogP contribution in [-0.2, 0) is 11.2 Å². The summed E-state index contributed by atoms with van der Waals surface area (Å²) in [4.78, 5) is 22.0. The summed E-state index contributed by atoms with van der Waals surface area (Å²) >= 11 is 11.5. The van der Waals surface area contributed by atoms with Crippen molar-refractivity contribution in [2.75, 3.05) is 5.32 Å². The minimum absolute atomic E-state index is 0.0247. The lowest BCUT2D eigenvalue weighted by molar-refractivity contribution is -0.385. The molecule has 22 heavy (non-hydrogen) atoms. The molecular formula is C14H10Cl2N2O4. The average molecular weight is 341 g/mol. The van der Waals surface area contributed by atoms with Crippen molar-refractivity contribution in [3.05, 3.63) is 62.1 Å². The molecule has 1 amide bonds. The first-order chi connectivity index (χ1) is 10.4. The van der Waals surface area contributed by atoms with Gasteiger partial charge in [-0.3, -0.25) is 14.9 Å². The van der Waals surface area contributed by atoms with Crippen molar-refractivity contribution in [3.8, 4) is 5.75 Å². The zero-order valence-corrected chi connectivity index (χ0v) is 12.6. The van der Waals surface area contributed by atoms with Crippen LogP contribution in [-0.4, -0.2) is 15.9 Å². The molecule has 0 atom stereocenters. The van der Waals surface area contributed by atoms with E-state index in [1.54, 1.807) is 24.3 Å². The Morgan fingerprint density at radius 2 is 1.82 bits per heavy atom. The number of halogens is 2. The van der Waals surface area contributed by atoms with Crippen molar-refractivity contribution >= 4 is 40.5 Å². The van der Waals surface area contributed by atoms with Crippen molar-refractivity contribution in [3.63, 3.8) is 0 Å². The van der Waals surface area contributed by atoms with Crippen LogP contribution >= 0.6 is 23.2 Å². The van der Waals surface area contributed by atoms with Crippen LogP contribution in [0.4, 0.5) is 11.4 Å². The Morgan fingerprint density at radius 1 is 1.18 bits per heavy atom. The number of hydrogen-bond acceptors (Lipinski definition) is 4. The number of amides is 1. The van der Waals surface area contributed by atoms with Gasteiger partial charge in [-0.1, -0.05) is 35.3 Å². The minimum atomic E-state index is -0.782. The van der Waals surface area contributed by atoms with E-state index in [0.29, 0.717) is 10.6 Å². The second kappa shape index (κ2) is 6.64. The standard InChI is InChI=1S/C14H10Cl2N2O4/c15-9-3-1-8(2-4-9)5-13(19)17-11-6-10(16)7-12(14(11)20)18(21)22/h1-4,6-7,20H,5H2,(H,17,19). The first-order valence-corrected chi connectivity index (χ1v) is 6.83. The molecule has 0 aliphatic carbocycles. The van der Waals surface area contributed by atoms with Crippen LogP contribution in [0.3, 0.4) is 0 Å². The monoisotopic (exact) mass is 340 g/mol. The highest BCUT2D eigenvalue weighted by molar-refractivity contribution is 6.31. The molecule has 0 saturated heterocycles. The number of aromatic hydroxyl groups is 1. The number of hydrogen-bond donors (Lipinski definition) is 2.